The number of amides is 1. The molecule has 1 aromatic rings. The molecule has 3 N–H and O–H groups in total. The van der Waals surface area contributed by atoms with E-state index >= 15 is 0 Å². The molecular weight excluding hydrogens is 180 g/mol. The van der Waals surface area contributed by atoms with Gasteiger partial charge in [-0.3, -0.25) is 9.48 Å². The standard InChI is InChI=1S/C9H14N4O/c10-3-4-13-6-7(5-11-13)9(14)12-8-1-2-8/h5-6,8H,1-4,10H2,(H,12,14). The van der Waals surface area contributed by atoms with Crippen LogP contribution in [0.5, 0.6) is 0 Å². The number of hydrogen-bond acceptors (Lipinski definition) is 3. The summed E-state index contributed by atoms with van der Waals surface area (Å²) in [5, 5.41) is 6.93. The van der Waals surface area contributed by atoms with Crippen LogP contribution >= 0.6 is 0 Å². The molecule has 1 heterocycles. The highest BCUT2D eigenvalue weighted by molar-refractivity contribution is 5.94. The minimum atomic E-state index is -0.0317. The number of hydrogen-bond donors (Lipinski definition) is 2. The molecule has 0 saturated heterocycles. The molecule has 1 aliphatic rings. The van der Waals surface area contributed by atoms with Crippen LogP contribution in [0.1, 0.15) is 23.2 Å². The number of nitrogens with zero attached hydrogens (tertiary/aromatic N) is 2. The summed E-state index contributed by atoms with van der Waals surface area (Å²) < 4.78 is 1.68. The van der Waals surface area contributed by atoms with Crippen molar-refractivity contribution < 1.29 is 4.79 Å². The topological polar surface area (TPSA) is 72.9 Å². The monoisotopic (exact) mass is 194 g/mol. The van der Waals surface area contributed by atoms with Crippen LogP contribution in [0.4, 0.5) is 0 Å². The van der Waals surface area contributed by atoms with Gasteiger partial charge in [0, 0.05) is 18.8 Å². The third-order valence-corrected chi connectivity index (χ3v) is 2.17. The van der Waals surface area contributed by atoms with Gasteiger partial charge in [0.25, 0.3) is 5.91 Å². The van der Waals surface area contributed by atoms with E-state index in [1.54, 1.807) is 17.1 Å². The molecule has 0 atom stereocenters. The maximum Gasteiger partial charge on any atom is 0.254 e. The number of nitrogens with one attached hydrogen (secondary N) is 1. The third kappa shape index (κ3) is 2.11. The van der Waals surface area contributed by atoms with Crippen LogP contribution in [-0.4, -0.2) is 28.3 Å². The summed E-state index contributed by atoms with van der Waals surface area (Å²) in [6, 6.07) is 0.389. The summed E-state index contributed by atoms with van der Waals surface area (Å²) in [7, 11) is 0. The number of nitrogens with two attached hydrogens (primary N) is 1. The van der Waals surface area contributed by atoms with E-state index < -0.39 is 0 Å². The fourth-order valence-electron chi connectivity index (χ4n) is 1.23. The minimum absolute atomic E-state index is 0.0317. The lowest BCUT2D eigenvalue weighted by Gasteiger charge is -1.99. The summed E-state index contributed by atoms with van der Waals surface area (Å²) in [4.78, 5) is 11.5. The Labute approximate surface area is 82.3 Å². The number of rotatable bonds is 4. The van der Waals surface area contributed by atoms with Crippen LogP contribution in [0.25, 0.3) is 0 Å². The summed E-state index contributed by atoms with van der Waals surface area (Å²) in [5.74, 6) is -0.0317. The van der Waals surface area contributed by atoms with Gasteiger partial charge in [0.2, 0.25) is 0 Å². The normalized spacial score (nSPS) is 15.5. The number of carbonyl (C=O) groups is 1. The molecule has 0 radical (unpaired) electrons. The molecule has 1 fully saturated rings. The minimum Gasteiger partial charge on any atom is -0.349 e. The highest BCUT2D eigenvalue weighted by Crippen LogP contribution is 2.19. The van der Waals surface area contributed by atoms with Crippen molar-refractivity contribution in [2.75, 3.05) is 6.54 Å². The van der Waals surface area contributed by atoms with Gasteiger partial charge >= 0.3 is 0 Å². The molecule has 0 unspecified atom stereocenters. The first-order chi connectivity index (χ1) is 6.79. The molecular formula is C9H14N4O. The fraction of sp³-hybridized carbons (Fsp3) is 0.556. The summed E-state index contributed by atoms with van der Waals surface area (Å²) in [5.41, 5.74) is 5.99. The van der Waals surface area contributed by atoms with Crippen molar-refractivity contribution >= 4 is 5.91 Å². The predicted molar refractivity (Wildman–Crippen MR) is 51.8 cm³/mol. The van der Waals surface area contributed by atoms with E-state index in [0.717, 1.165) is 12.8 Å². The SMILES string of the molecule is NCCn1cc(C(=O)NC2CC2)cn1. The van der Waals surface area contributed by atoms with E-state index in [2.05, 4.69) is 10.4 Å². The first-order valence-corrected chi connectivity index (χ1v) is 4.83. The zero-order valence-corrected chi connectivity index (χ0v) is 7.94. The Balaban J connectivity index is 1.96. The van der Waals surface area contributed by atoms with Gasteiger partial charge in [0.15, 0.2) is 0 Å². The smallest absolute Gasteiger partial charge is 0.254 e. The van der Waals surface area contributed by atoms with Crippen LogP contribution in [0.2, 0.25) is 0 Å². The van der Waals surface area contributed by atoms with Gasteiger partial charge in [0.1, 0.15) is 0 Å². The van der Waals surface area contributed by atoms with Gasteiger partial charge in [0.05, 0.1) is 18.3 Å². The molecule has 1 amide bonds. The Kier molecular flexibility index (Phi) is 2.49. The number of aromatic nitrogens is 2. The largest absolute Gasteiger partial charge is 0.349 e. The predicted octanol–water partition coefficient (Wildman–Crippen LogP) is -0.266. The van der Waals surface area contributed by atoms with Crippen molar-refractivity contribution in [3.63, 3.8) is 0 Å². The zero-order valence-electron chi connectivity index (χ0n) is 7.94. The second kappa shape index (κ2) is 3.79. The first-order valence-electron chi connectivity index (χ1n) is 4.83. The third-order valence-electron chi connectivity index (χ3n) is 2.17. The quantitative estimate of drug-likeness (QED) is 0.693. The van der Waals surface area contributed by atoms with Crippen LogP contribution < -0.4 is 11.1 Å². The van der Waals surface area contributed by atoms with Crippen molar-refractivity contribution in [3.8, 4) is 0 Å². The Hall–Kier alpha value is -1.36. The molecule has 1 aromatic heterocycles. The lowest BCUT2D eigenvalue weighted by molar-refractivity contribution is 0.0951. The van der Waals surface area contributed by atoms with Crippen LogP contribution in [0, 0.1) is 0 Å². The molecule has 0 spiro atoms. The second-order valence-electron chi connectivity index (χ2n) is 3.53. The molecule has 0 aliphatic heterocycles. The number of carbonyl (C=O) groups excluding carboxylic acids is 1. The molecule has 76 valence electrons. The summed E-state index contributed by atoms with van der Waals surface area (Å²) >= 11 is 0. The van der Waals surface area contributed by atoms with E-state index in [0.29, 0.717) is 24.7 Å². The Morgan fingerprint density at radius 2 is 2.50 bits per heavy atom. The maximum absolute atomic E-state index is 11.5. The van der Waals surface area contributed by atoms with Crippen molar-refractivity contribution in [1.29, 1.82) is 0 Å². The summed E-state index contributed by atoms with van der Waals surface area (Å²) in [6.07, 6.45) is 5.50. The highest BCUT2D eigenvalue weighted by Gasteiger charge is 2.24. The van der Waals surface area contributed by atoms with E-state index in [9.17, 15) is 4.79 Å². The first kappa shape index (κ1) is 9.21. The van der Waals surface area contributed by atoms with Crippen LogP contribution in [-0.2, 0) is 6.54 Å². The fourth-order valence-corrected chi connectivity index (χ4v) is 1.23. The average molecular weight is 194 g/mol. The maximum atomic E-state index is 11.5. The summed E-state index contributed by atoms with van der Waals surface area (Å²) in [6.45, 7) is 1.18. The molecule has 0 bridgehead atoms. The van der Waals surface area contributed by atoms with Gasteiger partial charge < -0.3 is 11.1 Å². The zero-order chi connectivity index (χ0) is 9.97. The van der Waals surface area contributed by atoms with Crippen LogP contribution in [0.3, 0.4) is 0 Å². The van der Waals surface area contributed by atoms with Crippen molar-refractivity contribution in [1.82, 2.24) is 15.1 Å². The van der Waals surface area contributed by atoms with E-state index in [-0.39, 0.29) is 5.91 Å². The second-order valence-corrected chi connectivity index (χ2v) is 3.53. The van der Waals surface area contributed by atoms with Gasteiger partial charge in [-0.25, -0.2) is 0 Å². The molecule has 1 aliphatic carbocycles. The van der Waals surface area contributed by atoms with Crippen molar-refractivity contribution in [2.45, 2.75) is 25.4 Å². The van der Waals surface area contributed by atoms with Gasteiger partial charge in [-0.05, 0) is 12.8 Å². The van der Waals surface area contributed by atoms with Crippen molar-refractivity contribution in [2.24, 2.45) is 5.73 Å². The lowest BCUT2D eigenvalue weighted by atomic mass is 10.3. The van der Waals surface area contributed by atoms with Crippen molar-refractivity contribution in [3.05, 3.63) is 18.0 Å². The molecule has 5 nitrogen and oxygen atoms in total. The van der Waals surface area contributed by atoms with E-state index in [1.165, 1.54) is 0 Å². The lowest BCUT2D eigenvalue weighted by Crippen LogP contribution is -2.24. The highest BCUT2D eigenvalue weighted by atomic mass is 16.1. The molecule has 5 heteroatoms. The molecule has 0 aromatic carbocycles. The Bertz CT molecular complexity index is 329. The van der Waals surface area contributed by atoms with Gasteiger partial charge in [-0.1, -0.05) is 0 Å². The molecule has 1 saturated carbocycles. The van der Waals surface area contributed by atoms with Gasteiger partial charge in [-0.15, -0.1) is 0 Å². The molecule has 2 rings (SSSR count). The molecule has 14 heavy (non-hydrogen) atoms. The van der Waals surface area contributed by atoms with Gasteiger partial charge in [-0.2, -0.15) is 5.10 Å². The Morgan fingerprint density at radius 3 is 3.14 bits per heavy atom. The average Bonchev–Trinajstić information content (AvgIpc) is 2.83. The Morgan fingerprint density at radius 1 is 1.71 bits per heavy atom. The van der Waals surface area contributed by atoms with E-state index in [1.807, 2.05) is 0 Å². The van der Waals surface area contributed by atoms with Crippen LogP contribution in [0.15, 0.2) is 12.4 Å². The van der Waals surface area contributed by atoms with E-state index in [4.69, 9.17) is 5.73 Å².